The predicted octanol–water partition coefficient (Wildman–Crippen LogP) is 4.53. The first kappa shape index (κ1) is 19.3. The summed E-state index contributed by atoms with van der Waals surface area (Å²) < 4.78 is 0. The van der Waals surface area contributed by atoms with E-state index in [1.54, 1.807) is 0 Å². The van der Waals surface area contributed by atoms with Gasteiger partial charge in [0.1, 0.15) is 0 Å². The zero-order valence-corrected chi connectivity index (χ0v) is 17.4. The van der Waals surface area contributed by atoms with Crippen LogP contribution in [0.2, 0.25) is 0 Å². The summed E-state index contributed by atoms with van der Waals surface area (Å²) in [6, 6.07) is 17.0. The van der Waals surface area contributed by atoms with Gasteiger partial charge < -0.3 is 15.1 Å². The minimum absolute atomic E-state index is 0.287. The molecule has 0 unspecified atom stereocenters. The van der Waals surface area contributed by atoms with E-state index in [0.717, 1.165) is 45.6 Å². The largest absolute Gasteiger partial charge is 0.343 e. The fourth-order valence-corrected chi connectivity index (χ4v) is 5.22. The Balaban J connectivity index is 1.39. The number of carbonyl (C=O) groups is 1. The van der Waals surface area contributed by atoms with E-state index in [1.165, 1.54) is 21.2 Å². The number of hydrogen-bond acceptors (Lipinski definition) is 4. The number of anilines is 2. The Kier molecular flexibility index (Phi) is 6.23. The zero-order chi connectivity index (χ0) is 19.3. The van der Waals surface area contributed by atoms with E-state index in [4.69, 9.17) is 0 Å². The van der Waals surface area contributed by atoms with E-state index in [2.05, 4.69) is 70.6 Å². The maximum atomic E-state index is 12.9. The van der Waals surface area contributed by atoms with Crippen molar-refractivity contribution in [2.24, 2.45) is 5.92 Å². The number of fused-ring (bicyclic) bond motifs is 2. The number of amides is 1. The van der Waals surface area contributed by atoms with Gasteiger partial charge in [-0.2, -0.15) is 0 Å². The SMILES string of the molecule is CCNCC1CCN(C(=O)CCN2c3ccccc3Sc3ccccc32)CC1. The van der Waals surface area contributed by atoms with Gasteiger partial charge in [0.05, 0.1) is 11.4 Å². The van der Waals surface area contributed by atoms with Crippen molar-refractivity contribution in [3.8, 4) is 0 Å². The highest BCUT2D eigenvalue weighted by Crippen LogP contribution is 2.47. The average Bonchev–Trinajstić information content (AvgIpc) is 2.75. The number of nitrogens with zero attached hydrogens (tertiary/aromatic N) is 2. The third-order valence-electron chi connectivity index (χ3n) is 5.73. The molecule has 1 saturated heterocycles. The van der Waals surface area contributed by atoms with Gasteiger partial charge in [0.25, 0.3) is 0 Å². The van der Waals surface area contributed by atoms with Crippen LogP contribution in [-0.2, 0) is 4.79 Å². The van der Waals surface area contributed by atoms with Crippen molar-refractivity contribution in [2.45, 2.75) is 36.0 Å². The Labute approximate surface area is 172 Å². The second-order valence-electron chi connectivity index (χ2n) is 7.57. The molecule has 2 aliphatic rings. The third kappa shape index (κ3) is 4.20. The van der Waals surface area contributed by atoms with Crippen LogP contribution in [0.1, 0.15) is 26.2 Å². The molecule has 28 heavy (non-hydrogen) atoms. The second kappa shape index (κ2) is 9.01. The van der Waals surface area contributed by atoms with Gasteiger partial charge in [-0.25, -0.2) is 0 Å². The molecular formula is C23H29N3OS. The highest BCUT2D eigenvalue weighted by Gasteiger charge is 2.26. The van der Waals surface area contributed by atoms with Gasteiger partial charge in [0, 0.05) is 35.8 Å². The third-order valence-corrected chi connectivity index (χ3v) is 6.86. The van der Waals surface area contributed by atoms with Gasteiger partial charge in [0.15, 0.2) is 0 Å². The zero-order valence-electron chi connectivity index (χ0n) is 16.6. The molecule has 2 aliphatic heterocycles. The molecule has 1 fully saturated rings. The molecule has 5 heteroatoms. The van der Waals surface area contributed by atoms with Crippen molar-refractivity contribution < 1.29 is 4.79 Å². The highest BCUT2D eigenvalue weighted by molar-refractivity contribution is 7.99. The first-order valence-corrected chi connectivity index (χ1v) is 11.2. The number of piperidine rings is 1. The molecule has 0 radical (unpaired) electrons. The van der Waals surface area contributed by atoms with Crippen molar-refractivity contribution in [2.75, 3.05) is 37.6 Å². The van der Waals surface area contributed by atoms with Crippen LogP contribution in [0, 0.1) is 5.92 Å². The number of benzene rings is 2. The monoisotopic (exact) mass is 395 g/mol. The molecular weight excluding hydrogens is 366 g/mol. The van der Waals surface area contributed by atoms with Crippen molar-refractivity contribution >= 4 is 29.0 Å². The number of nitrogens with one attached hydrogen (secondary N) is 1. The number of para-hydroxylation sites is 2. The topological polar surface area (TPSA) is 35.6 Å². The minimum atomic E-state index is 0.287. The molecule has 0 spiro atoms. The average molecular weight is 396 g/mol. The first-order valence-electron chi connectivity index (χ1n) is 10.4. The lowest BCUT2D eigenvalue weighted by Crippen LogP contribution is -2.41. The van der Waals surface area contributed by atoms with Crippen molar-refractivity contribution in [3.05, 3.63) is 48.5 Å². The molecule has 0 saturated carbocycles. The summed E-state index contributed by atoms with van der Waals surface area (Å²) in [6.07, 6.45) is 2.79. The summed E-state index contributed by atoms with van der Waals surface area (Å²) in [6.45, 7) is 6.78. The number of carbonyl (C=O) groups excluding carboxylic acids is 1. The Hall–Kier alpha value is -1.98. The van der Waals surface area contributed by atoms with E-state index in [0.29, 0.717) is 12.3 Å². The van der Waals surface area contributed by atoms with Crippen LogP contribution < -0.4 is 10.2 Å². The van der Waals surface area contributed by atoms with Crippen LogP contribution in [0.15, 0.2) is 58.3 Å². The van der Waals surface area contributed by atoms with Crippen molar-refractivity contribution in [3.63, 3.8) is 0 Å². The van der Waals surface area contributed by atoms with Crippen LogP contribution in [-0.4, -0.2) is 43.5 Å². The Bertz CT molecular complexity index is 771. The standard InChI is InChI=1S/C23H29N3OS/c1-2-24-17-18-11-14-25(15-12-18)23(27)13-16-26-19-7-3-5-9-21(19)28-22-10-6-4-8-20(22)26/h3-10,18,24H,2,11-17H2,1H3. The number of likely N-dealkylation sites (tertiary alicyclic amines) is 1. The summed E-state index contributed by atoms with van der Waals surface area (Å²) in [5.74, 6) is 0.997. The number of hydrogen-bond donors (Lipinski definition) is 1. The molecule has 2 heterocycles. The van der Waals surface area contributed by atoms with Gasteiger partial charge in [-0.05, 0) is 56.1 Å². The van der Waals surface area contributed by atoms with E-state index in [-0.39, 0.29) is 5.91 Å². The Morgan fingerprint density at radius 3 is 2.25 bits per heavy atom. The lowest BCUT2D eigenvalue weighted by atomic mass is 9.96. The van der Waals surface area contributed by atoms with Crippen LogP contribution in [0.5, 0.6) is 0 Å². The summed E-state index contributed by atoms with van der Waals surface area (Å²) >= 11 is 1.81. The van der Waals surface area contributed by atoms with Crippen LogP contribution in [0.3, 0.4) is 0 Å². The molecule has 148 valence electrons. The fourth-order valence-electron chi connectivity index (χ4n) is 4.12. The Morgan fingerprint density at radius 2 is 1.64 bits per heavy atom. The van der Waals surface area contributed by atoms with Crippen LogP contribution in [0.25, 0.3) is 0 Å². The molecule has 0 aromatic heterocycles. The minimum Gasteiger partial charge on any atom is -0.343 e. The Morgan fingerprint density at radius 1 is 1.04 bits per heavy atom. The lowest BCUT2D eigenvalue weighted by molar-refractivity contribution is -0.132. The van der Waals surface area contributed by atoms with Crippen molar-refractivity contribution in [1.29, 1.82) is 0 Å². The van der Waals surface area contributed by atoms with E-state index >= 15 is 0 Å². The molecule has 2 aromatic rings. The lowest BCUT2D eigenvalue weighted by Gasteiger charge is -2.35. The maximum Gasteiger partial charge on any atom is 0.224 e. The fraction of sp³-hybridized carbons (Fsp3) is 0.435. The van der Waals surface area contributed by atoms with E-state index in [1.807, 2.05) is 11.8 Å². The van der Waals surface area contributed by atoms with Gasteiger partial charge in [-0.1, -0.05) is 43.0 Å². The van der Waals surface area contributed by atoms with Gasteiger partial charge in [0.2, 0.25) is 5.91 Å². The van der Waals surface area contributed by atoms with Gasteiger partial charge in [-0.15, -0.1) is 0 Å². The summed E-state index contributed by atoms with van der Waals surface area (Å²) in [7, 11) is 0. The number of rotatable bonds is 6. The van der Waals surface area contributed by atoms with Crippen LogP contribution >= 0.6 is 11.8 Å². The molecule has 4 rings (SSSR count). The van der Waals surface area contributed by atoms with Crippen molar-refractivity contribution in [1.82, 2.24) is 10.2 Å². The van der Waals surface area contributed by atoms with Gasteiger partial charge in [-0.3, -0.25) is 4.79 Å². The molecule has 0 atom stereocenters. The summed E-state index contributed by atoms with van der Waals surface area (Å²) in [4.78, 5) is 19.8. The molecule has 0 bridgehead atoms. The summed E-state index contributed by atoms with van der Waals surface area (Å²) in [5, 5.41) is 3.44. The molecule has 2 aromatic carbocycles. The van der Waals surface area contributed by atoms with Crippen LogP contribution in [0.4, 0.5) is 11.4 Å². The normalized spacial score (nSPS) is 16.6. The predicted molar refractivity (Wildman–Crippen MR) is 116 cm³/mol. The first-order chi connectivity index (χ1) is 13.8. The molecule has 1 amide bonds. The molecule has 4 nitrogen and oxygen atoms in total. The maximum absolute atomic E-state index is 12.9. The smallest absolute Gasteiger partial charge is 0.224 e. The molecule has 1 N–H and O–H groups in total. The quantitative estimate of drug-likeness (QED) is 0.780. The molecule has 0 aliphatic carbocycles. The highest BCUT2D eigenvalue weighted by atomic mass is 32.2. The van der Waals surface area contributed by atoms with Gasteiger partial charge >= 0.3 is 0 Å². The summed E-state index contributed by atoms with van der Waals surface area (Å²) in [5.41, 5.74) is 2.42. The second-order valence-corrected chi connectivity index (χ2v) is 8.65. The van der Waals surface area contributed by atoms with E-state index < -0.39 is 0 Å². The van der Waals surface area contributed by atoms with E-state index in [9.17, 15) is 4.79 Å².